The van der Waals surface area contributed by atoms with Gasteiger partial charge in [-0.05, 0) is 0 Å². The second-order valence-corrected chi connectivity index (χ2v) is 1.34. The average molecular weight is 388 g/mol. The van der Waals surface area contributed by atoms with Crippen molar-refractivity contribution in [2.45, 2.75) is 0 Å². The Morgan fingerprint density at radius 3 is 1.00 bits per heavy atom. The van der Waals surface area contributed by atoms with E-state index in [4.69, 9.17) is 17.5 Å². The second-order valence-electron chi connectivity index (χ2n) is 0.448. The van der Waals surface area contributed by atoms with Gasteiger partial charge in [-0.1, -0.05) is 0 Å². The molecule has 0 aromatic heterocycles. The SMILES string of the molecule is O=S(=O)(O)O.[Pm].[Pm]. The minimum absolute atomic E-state index is 0. The topological polar surface area (TPSA) is 74.6 Å². The van der Waals surface area contributed by atoms with Crippen LogP contribution >= 0.6 is 0 Å². The standard InChI is InChI=1S/H2O4S.2Pm/c1-5(2,3)4;;/h(H2,1,2,3,4);;. The third kappa shape index (κ3) is 56.5. The molecule has 2 N–H and O–H groups in total. The summed E-state index contributed by atoms with van der Waals surface area (Å²) in [6, 6.07) is 0. The summed E-state index contributed by atoms with van der Waals surface area (Å²) in [5.41, 5.74) is 0. The zero-order valence-electron chi connectivity index (χ0n) is 3.01. The summed E-state index contributed by atoms with van der Waals surface area (Å²) >= 11 is 0. The van der Waals surface area contributed by atoms with E-state index < -0.39 is 10.4 Å². The summed E-state index contributed by atoms with van der Waals surface area (Å²) < 4.78 is 31.6. The van der Waals surface area contributed by atoms with E-state index in [1.165, 1.54) is 0 Å². The predicted octanol–water partition coefficient (Wildman–Crippen LogP) is -0.653. The molecule has 0 saturated carbocycles. The van der Waals surface area contributed by atoms with Gasteiger partial charge in [0.2, 0.25) is 0 Å². The third-order valence-corrected chi connectivity index (χ3v) is 0. The smallest absolute Gasteiger partial charge is 0.264 e. The average Bonchev–Trinajstić information content (AvgIpc) is 0.722. The van der Waals surface area contributed by atoms with Crippen LogP contribution in [0.4, 0.5) is 0 Å². The van der Waals surface area contributed by atoms with Crippen molar-refractivity contribution in [1.29, 1.82) is 0 Å². The molecule has 0 unspecified atom stereocenters. The molecule has 7 heteroatoms. The predicted molar refractivity (Wildman–Crippen MR) is 14.2 cm³/mol. The fourth-order valence-corrected chi connectivity index (χ4v) is 0. The van der Waals surface area contributed by atoms with E-state index in [0.29, 0.717) is 0 Å². The van der Waals surface area contributed by atoms with E-state index in [2.05, 4.69) is 0 Å². The Bertz CT molecular complexity index is 92.9. The molecule has 0 aromatic carbocycles. The summed E-state index contributed by atoms with van der Waals surface area (Å²) in [5.74, 6) is 0. The Kier molecular flexibility index (Phi) is 15.5. The number of hydrogen-bond donors (Lipinski definition) is 2. The van der Waals surface area contributed by atoms with Crippen LogP contribution in [0.2, 0.25) is 0 Å². The molecular formula is H2O4Pm2S. The van der Waals surface area contributed by atoms with Crippen LogP contribution in [0.25, 0.3) is 0 Å². The Morgan fingerprint density at radius 2 is 1.00 bits per heavy atom. The number of hydrogen-bond acceptors (Lipinski definition) is 2. The first kappa shape index (κ1) is 16.3. The maximum absolute atomic E-state index is 8.74. The van der Waals surface area contributed by atoms with Gasteiger partial charge in [-0.25, -0.2) is 0 Å². The summed E-state index contributed by atoms with van der Waals surface area (Å²) in [6.45, 7) is 0. The Balaban J connectivity index is -0.0000000800. The molecular weight excluding hydrogens is 386 g/mol. The molecule has 0 saturated heterocycles. The first-order chi connectivity index (χ1) is 2.00. The van der Waals surface area contributed by atoms with Gasteiger partial charge in [-0.2, -0.15) is 8.42 Å². The number of rotatable bonds is 0. The van der Waals surface area contributed by atoms with Gasteiger partial charge >= 0.3 is 10.4 Å². The van der Waals surface area contributed by atoms with Crippen LogP contribution in [-0.4, -0.2) is 17.5 Å². The first-order valence-corrected chi connectivity index (χ1v) is 2.10. The van der Waals surface area contributed by atoms with Gasteiger partial charge in [-0.3, -0.25) is 9.11 Å². The van der Waals surface area contributed by atoms with Gasteiger partial charge in [0.05, 0.1) is 0 Å². The Hall–Kier alpha value is 2.55. The zero-order valence-corrected chi connectivity index (χ0v) is 9.57. The molecule has 0 aliphatic carbocycles. The Labute approximate surface area is 106 Å². The summed E-state index contributed by atoms with van der Waals surface area (Å²) in [6.07, 6.45) is 0. The van der Waals surface area contributed by atoms with Gasteiger partial charge in [-0.15, -0.1) is 0 Å². The van der Waals surface area contributed by atoms with E-state index in [1.807, 2.05) is 0 Å². The fourth-order valence-electron chi connectivity index (χ4n) is 0. The van der Waals surface area contributed by atoms with Crippen LogP contribution in [0.15, 0.2) is 0 Å². The van der Waals surface area contributed by atoms with Crippen LogP contribution in [0.1, 0.15) is 0 Å². The van der Waals surface area contributed by atoms with Crippen LogP contribution in [0, 0.1) is 80.8 Å². The van der Waals surface area contributed by atoms with Gasteiger partial charge in [0, 0.05) is 80.8 Å². The monoisotopic (exact) mass is 388 g/mol. The van der Waals surface area contributed by atoms with Gasteiger partial charge < -0.3 is 0 Å². The van der Waals surface area contributed by atoms with Crippen molar-refractivity contribution in [2.75, 3.05) is 0 Å². The summed E-state index contributed by atoms with van der Waals surface area (Å²) in [4.78, 5) is 0. The van der Waals surface area contributed by atoms with Crippen LogP contribution in [0.5, 0.6) is 0 Å². The molecule has 0 aliphatic heterocycles. The van der Waals surface area contributed by atoms with Crippen molar-refractivity contribution in [3.05, 3.63) is 0 Å². The normalized spacial score (nSPS) is 8.29. The third-order valence-electron chi connectivity index (χ3n) is 0. The van der Waals surface area contributed by atoms with Crippen molar-refractivity contribution < 1.29 is 98.3 Å². The summed E-state index contributed by atoms with van der Waals surface area (Å²) in [5, 5.41) is 0. The maximum Gasteiger partial charge on any atom is 0.394 e. The van der Waals surface area contributed by atoms with E-state index in [1.54, 1.807) is 0 Å². The van der Waals surface area contributed by atoms with Crippen molar-refractivity contribution in [3.63, 3.8) is 0 Å². The zero-order chi connectivity index (χ0) is 4.50. The van der Waals surface area contributed by atoms with E-state index >= 15 is 0 Å². The molecule has 0 bridgehead atoms. The molecule has 0 heterocycles. The Morgan fingerprint density at radius 1 is 1.00 bits per heavy atom. The molecule has 7 heavy (non-hydrogen) atoms. The molecule has 0 aromatic rings. The maximum atomic E-state index is 8.74. The molecule has 2 radical (unpaired) electrons. The molecule has 0 fully saturated rings. The van der Waals surface area contributed by atoms with E-state index in [0.717, 1.165) is 0 Å². The second kappa shape index (κ2) is 6.66. The molecule has 0 rings (SSSR count). The molecule has 0 atom stereocenters. The summed E-state index contributed by atoms with van der Waals surface area (Å²) in [7, 11) is -4.67. The largest absolute Gasteiger partial charge is 0.394 e. The van der Waals surface area contributed by atoms with Gasteiger partial charge in [0.15, 0.2) is 0 Å². The molecule has 0 aliphatic rings. The van der Waals surface area contributed by atoms with Crippen LogP contribution in [-0.2, 0) is 10.4 Å². The van der Waals surface area contributed by atoms with E-state index in [-0.39, 0.29) is 80.8 Å². The van der Waals surface area contributed by atoms with E-state index in [9.17, 15) is 0 Å². The minimum atomic E-state index is -4.67. The molecule has 0 spiro atoms. The first-order valence-electron chi connectivity index (χ1n) is 0.698. The van der Waals surface area contributed by atoms with Crippen molar-refractivity contribution in [2.24, 2.45) is 0 Å². The van der Waals surface area contributed by atoms with Crippen molar-refractivity contribution in [3.8, 4) is 0 Å². The van der Waals surface area contributed by atoms with Crippen molar-refractivity contribution in [1.82, 2.24) is 0 Å². The van der Waals surface area contributed by atoms with Gasteiger partial charge in [0.25, 0.3) is 0 Å². The fraction of sp³-hybridized carbons (Fsp3) is 0. The van der Waals surface area contributed by atoms with Crippen LogP contribution in [0.3, 0.4) is 0 Å². The molecule has 4 nitrogen and oxygen atoms in total. The van der Waals surface area contributed by atoms with Crippen LogP contribution < -0.4 is 0 Å². The molecule has 42 valence electrons. The quantitative estimate of drug-likeness (QED) is 0.541. The molecule has 0 amide bonds. The van der Waals surface area contributed by atoms with Crippen molar-refractivity contribution >= 4 is 10.4 Å². The minimum Gasteiger partial charge on any atom is -0.264 e. The van der Waals surface area contributed by atoms with Gasteiger partial charge in [0.1, 0.15) is 0 Å².